The molecule has 0 bridgehead atoms. The molecule has 2 rings (SSSR count). The first-order chi connectivity index (χ1) is 11.8. The Hall–Kier alpha value is -2.38. The molecule has 2 aromatic carbocycles. The summed E-state index contributed by atoms with van der Waals surface area (Å²) in [7, 11) is -1.96. The molecule has 0 unspecified atom stereocenters. The number of carbonyl (C=O) groups is 1. The van der Waals surface area contributed by atoms with Crippen LogP contribution in [0.3, 0.4) is 0 Å². The van der Waals surface area contributed by atoms with E-state index in [2.05, 4.69) is 5.32 Å². The summed E-state index contributed by atoms with van der Waals surface area (Å²) in [4.78, 5) is 12.2. The van der Waals surface area contributed by atoms with Gasteiger partial charge < -0.3 is 10.1 Å². The van der Waals surface area contributed by atoms with Crippen LogP contribution in [0.2, 0.25) is 0 Å². The van der Waals surface area contributed by atoms with E-state index in [-0.39, 0.29) is 13.1 Å². The number of methoxy groups -OCH3 is 1. The van der Waals surface area contributed by atoms with E-state index in [0.29, 0.717) is 11.4 Å². The summed E-state index contributed by atoms with van der Waals surface area (Å²) in [6.07, 6.45) is 1.10. The van der Waals surface area contributed by atoms with E-state index in [9.17, 15) is 13.2 Å². The fourth-order valence-corrected chi connectivity index (χ4v) is 3.07. The molecule has 6 nitrogen and oxygen atoms in total. The van der Waals surface area contributed by atoms with Crippen molar-refractivity contribution in [1.82, 2.24) is 4.31 Å². The molecule has 0 saturated carbocycles. The van der Waals surface area contributed by atoms with E-state index in [1.54, 1.807) is 31.4 Å². The number of hydrogen-bond donors (Lipinski definition) is 1. The van der Waals surface area contributed by atoms with Crippen molar-refractivity contribution in [2.45, 2.75) is 13.5 Å². The third kappa shape index (κ3) is 5.88. The first kappa shape index (κ1) is 19.0. The van der Waals surface area contributed by atoms with Crippen LogP contribution in [0.15, 0.2) is 48.5 Å². The first-order valence-electron chi connectivity index (χ1n) is 7.72. The molecule has 0 heterocycles. The summed E-state index contributed by atoms with van der Waals surface area (Å²) in [5, 5.41) is 2.69. The summed E-state index contributed by atoms with van der Waals surface area (Å²) in [5.41, 5.74) is 2.45. The Morgan fingerprint density at radius 3 is 2.40 bits per heavy atom. The van der Waals surface area contributed by atoms with E-state index < -0.39 is 15.9 Å². The number of carbonyl (C=O) groups excluding carboxylic acids is 1. The lowest BCUT2D eigenvalue weighted by Gasteiger charge is -2.20. The minimum absolute atomic E-state index is 0.149. The van der Waals surface area contributed by atoms with Gasteiger partial charge in [-0.25, -0.2) is 8.42 Å². The molecule has 25 heavy (non-hydrogen) atoms. The highest BCUT2D eigenvalue weighted by molar-refractivity contribution is 7.88. The van der Waals surface area contributed by atoms with Crippen LogP contribution in [0.4, 0.5) is 5.69 Å². The lowest BCUT2D eigenvalue weighted by atomic mass is 10.1. The predicted octanol–water partition coefficient (Wildman–Crippen LogP) is 2.40. The molecule has 134 valence electrons. The van der Waals surface area contributed by atoms with Crippen LogP contribution in [-0.2, 0) is 21.4 Å². The smallest absolute Gasteiger partial charge is 0.239 e. The van der Waals surface area contributed by atoms with Gasteiger partial charge in [0.05, 0.1) is 19.9 Å². The Bertz CT molecular complexity index is 832. The topological polar surface area (TPSA) is 75.7 Å². The molecule has 1 N–H and O–H groups in total. The molecule has 0 aliphatic heterocycles. The Morgan fingerprint density at radius 2 is 1.84 bits per heavy atom. The van der Waals surface area contributed by atoms with Crippen LogP contribution in [0.25, 0.3) is 0 Å². The van der Waals surface area contributed by atoms with Crippen molar-refractivity contribution in [2.75, 3.05) is 25.2 Å². The monoisotopic (exact) mass is 362 g/mol. The van der Waals surface area contributed by atoms with E-state index in [4.69, 9.17) is 4.74 Å². The zero-order chi connectivity index (χ0) is 18.4. The number of nitrogens with one attached hydrogen (secondary N) is 1. The summed E-state index contributed by atoms with van der Waals surface area (Å²) in [6.45, 7) is 1.83. The number of nitrogens with zero attached hydrogens (tertiary/aromatic N) is 1. The van der Waals surface area contributed by atoms with Crippen molar-refractivity contribution < 1.29 is 17.9 Å². The number of hydrogen-bond acceptors (Lipinski definition) is 4. The predicted molar refractivity (Wildman–Crippen MR) is 98.1 cm³/mol. The van der Waals surface area contributed by atoms with Crippen LogP contribution in [0, 0.1) is 6.92 Å². The fourth-order valence-electron chi connectivity index (χ4n) is 2.34. The van der Waals surface area contributed by atoms with Crippen molar-refractivity contribution in [1.29, 1.82) is 0 Å². The number of sulfonamides is 1. The van der Waals surface area contributed by atoms with Crippen molar-refractivity contribution in [3.05, 3.63) is 59.7 Å². The third-order valence-electron chi connectivity index (χ3n) is 3.60. The molecule has 0 aliphatic carbocycles. The normalized spacial score (nSPS) is 11.4. The number of benzene rings is 2. The van der Waals surface area contributed by atoms with E-state index >= 15 is 0 Å². The molecule has 0 aromatic heterocycles. The molecule has 0 fully saturated rings. The van der Waals surface area contributed by atoms with Gasteiger partial charge in [0.2, 0.25) is 15.9 Å². The maximum absolute atomic E-state index is 12.2. The van der Waals surface area contributed by atoms with Gasteiger partial charge in [0.25, 0.3) is 0 Å². The van der Waals surface area contributed by atoms with E-state index in [0.717, 1.165) is 21.7 Å². The van der Waals surface area contributed by atoms with Gasteiger partial charge in [0.1, 0.15) is 5.75 Å². The lowest BCUT2D eigenvalue weighted by molar-refractivity contribution is -0.116. The van der Waals surface area contributed by atoms with Crippen molar-refractivity contribution >= 4 is 21.6 Å². The van der Waals surface area contributed by atoms with Gasteiger partial charge in [-0.2, -0.15) is 4.31 Å². The standard InChI is InChI=1S/C18H22N2O4S/c1-14-5-4-6-15(11-14)12-20(25(3,22)23)13-18(21)19-16-7-9-17(24-2)10-8-16/h4-11H,12-13H2,1-3H3,(H,19,21). The zero-order valence-corrected chi connectivity index (χ0v) is 15.3. The van der Waals surface area contributed by atoms with E-state index in [1.165, 1.54) is 0 Å². The van der Waals surface area contributed by atoms with E-state index in [1.807, 2.05) is 31.2 Å². The van der Waals surface area contributed by atoms with Crippen LogP contribution in [0.1, 0.15) is 11.1 Å². The maximum Gasteiger partial charge on any atom is 0.239 e. The summed E-state index contributed by atoms with van der Waals surface area (Å²) >= 11 is 0. The summed E-state index contributed by atoms with van der Waals surface area (Å²) in [6, 6.07) is 14.4. The number of aryl methyl sites for hydroxylation is 1. The number of amides is 1. The molecule has 0 spiro atoms. The molecular formula is C18H22N2O4S. The van der Waals surface area contributed by atoms with Crippen molar-refractivity contribution in [2.24, 2.45) is 0 Å². The van der Waals surface area contributed by atoms with Gasteiger partial charge in [-0.15, -0.1) is 0 Å². The Balaban J connectivity index is 2.07. The Labute approximate surface area is 148 Å². The average Bonchev–Trinajstić information content (AvgIpc) is 2.54. The fraction of sp³-hybridized carbons (Fsp3) is 0.278. The number of ether oxygens (including phenoxy) is 1. The molecule has 1 amide bonds. The molecule has 0 aliphatic rings. The van der Waals surface area contributed by atoms with Crippen molar-refractivity contribution in [3.8, 4) is 5.75 Å². The summed E-state index contributed by atoms with van der Waals surface area (Å²) in [5.74, 6) is 0.276. The molecule has 7 heteroatoms. The van der Waals surface area contributed by atoms with Crippen molar-refractivity contribution in [3.63, 3.8) is 0 Å². The van der Waals surface area contributed by atoms with Crippen LogP contribution < -0.4 is 10.1 Å². The van der Waals surface area contributed by atoms with Gasteiger partial charge in [0.15, 0.2) is 0 Å². The molecule has 0 atom stereocenters. The Morgan fingerprint density at radius 1 is 1.16 bits per heavy atom. The van der Waals surface area contributed by atoms with Gasteiger partial charge >= 0.3 is 0 Å². The zero-order valence-electron chi connectivity index (χ0n) is 14.5. The van der Waals surface area contributed by atoms with Gasteiger partial charge in [0, 0.05) is 12.2 Å². The highest BCUT2D eigenvalue weighted by Crippen LogP contribution is 2.15. The molecule has 2 aromatic rings. The number of rotatable bonds is 7. The second-order valence-corrected chi connectivity index (χ2v) is 7.78. The van der Waals surface area contributed by atoms with Gasteiger partial charge in [-0.3, -0.25) is 4.79 Å². The van der Waals surface area contributed by atoms with Gasteiger partial charge in [-0.05, 0) is 36.8 Å². The molecular weight excluding hydrogens is 340 g/mol. The SMILES string of the molecule is COc1ccc(NC(=O)CN(Cc2cccc(C)c2)S(C)(=O)=O)cc1. The average molecular weight is 362 g/mol. The minimum atomic E-state index is -3.52. The molecule has 0 saturated heterocycles. The molecule has 0 radical (unpaired) electrons. The second kappa shape index (κ2) is 8.13. The first-order valence-corrected chi connectivity index (χ1v) is 9.57. The quantitative estimate of drug-likeness (QED) is 0.821. The van der Waals surface area contributed by atoms with Crippen LogP contribution in [0.5, 0.6) is 5.75 Å². The maximum atomic E-state index is 12.2. The van der Waals surface area contributed by atoms with Gasteiger partial charge in [-0.1, -0.05) is 29.8 Å². The largest absolute Gasteiger partial charge is 0.497 e. The minimum Gasteiger partial charge on any atom is -0.497 e. The highest BCUT2D eigenvalue weighted by Gasteiger charge is 2.20. The number of anilines is 1. The highest BCUT2D eigenvalue weighted by atomic mass is 32.2. The van der Waals surface area contributed by atoms with Crippen LogP contribution in [-0.4, -0.2) is 38.5 Å². The second-order valence-electron chi connectivity index (χ2n) is 5.80. The van der Waals surface area contributed by atoms with Crippen LogP contribution >= 0.6 is 0 Å². The Kier molecular flexibility index (Phi) is 6.17. The lowest BCUT2D eigenvalue weighted by Crippen LogP contribution is -2.36. The summed E-state index contributed by atoms with van der Waals surface area (Å²) < 4.78 is 30.3. The third-order valence-corrected chi connectivity index (χ3v) is 4.80.